The van der Waals surface area contributed by atoms with Crippen molar-refractivity contribution < 1.29 is 14.6 Å². The predicted octanol–water partition coefficient (Wildman–Crippen LogP) is 1.24. The zero-order valence-corrected chi connectivity index (χ0v) is 14.0. The van der Waals surface area contributed by atoms with Crippen LogP contribution < -0.4 is 5.73 Å². The zero-order chi connectivity index (χ0) is 15.7. The number of aliphatic hydroxyl groups excluding tert-OH is 1. The standard InChI is InChI=1S/C16H34N2O3/c1-4-18(16-8-6-5-7-14(16)9-17)10-15(19)12-21-13(2)11-20-3/h13-16,19H,4-12,17H2,1-3H3. The highest BCUT2D eigenvalue weighted by Crippen LogP contribution is 2.27. The van der Waals surface area contributed by atoms with Crippen molar-refractivity contribution in [2.24, 2.45) is 11.7 Å². The monoisotopic (exact) mass is 302 g/mol. The van der Waals surface area contributed by atoms with E-state index in [-0.39, 0.29) is 6.10 Å². The van der Waals surface area contributed by atoms with Gasteiger partial charge < -0.3 is 20.3 Å². The van der Waals surface area contributed by atoms with E-state index in [9.17, 15) is 5.11 Å². The molecule has 0 aromatic rings. The van der Waals surface area contributed by atoms with Crippen molar-refractivity contribution in [2.75, 3.05) is 40.0 Å². The molecular formula is C16H34N2O3. The van der Waals surface area contributed by atoms with Gasteiger partial charge in [-0.1, -0.05) is 19.8 Å². The summed E-state index contributed by atoms with van der Waals surface area (Å²) < 4.78 is 10.6. The van der Waals surface area contributed by atoms with Crippen LogP contribution in [-0.4, -0.2) is 68.2 Å². The molecule has 5 nitrogen and oxygen atoms in total. The molecular weight excluding hydrogens is 268 g/mol. The van der Waals surface area contributed by atoms with Gasteiger partial charge in [-0.3, -0.25) is 4.90 Å². The Morgan fingerprint density at radius 3 is 2.62 bits per heavy atom. The molecule has 0 amide bonds. The van der Waals surface area contributed by atoms with Crippen molar-refractivity contribution in [2.45, 2.75) is 57.8 Å². The van der Waals surface area contributed by atoms with Crippen LogP contribution in [0.3, 0.4) is 0 Å². The van der Waals surface area contributed by atoms with Gasteiger partial charge in [-0.05, 0) is 38.8 Å². The number of methoxy groups -OCH3 is 1. The van der Waals surface area contributed by atoms with E-state index in [1.54, 1.807) is 7.11 Å². The molecule has 4 atom stereocenters. The van der Waals surface area contributed by atoms with Crippen molar-refractivity contribution in [1.29, 1.82) is 0 Å². The van der Waals surface area contributed by atoms with Gasteiger partial charge in [0.15, 0.2) is 0 Å². The van der Waals surface area contributed by atoms with Gasteiger partial charge in [-0.2, -0.15) is 0 Å². The third-order valence-corrected chi connectivity index (χ3v) is 4.47. The summed E-state index contributed by atoms with van der Waals surface area (Å²) in [4.78, 5) is 2.38. The second kappa shape index (κ2) is 10.5. The van der Waals surface area contributed by atoms with Crippen molar-refractivity contribution in [3.63, 3.8) is 0 Å². The van der Waals surface area contributed by atoms with Crippen LogP contribution in [0.25, 0.3) is 0 Å². The Hall–Kier alpha value is -0.200. The summed E-state index contributed by atoms with van der Waals surface area (Å²) in [6, 6.07) is 0.514. The van der Waals surface area contributed by atoms with E-state index < -0.39 is 6.10 Å². The predicted molar refractivity (Wildman–Crippen MR) is 85.3 cm³/mol. The number of rotatable bonds is 10. The molecule has 0 aromatic carbocycles. The summed E-state index contributed by atoms with van der Waals surface area (Å²) in [7, 11) is 1.66. The first-order chi connectivity index (χ1) is 10.1. The van der Waals surface area contributed by atoms with Crippen LogP contribution in [0, 0.1) is 5.92 Å². The SMILES string of the molecule is CCN(CC(O)COC(C)COC)C1CCCCC1CN. The molecule has 1 aliphatic rings. The van der Waals surface area contributed by atoms with E-state index in [2.05, 4.69) is 11.8 Å². The van der Waals surface area contributed by atoms with Crippen molar-refractivity contribution in [3.8, 4) is 0 Å². The van der Waals surface area contributed by atoms with E-state index in [0.717, 1.165) is 13.1 Å². The van der Waals surface area contributed by atoms with Gasteiger partial charge in [0.05, 0.1) is 25.4 Å². The first-order valence-electron chi connectivity index (χ1n) is 8.35. The first kappa shape index (κ1) is 18.8. The normalized spacial score (nSPS) is 26.0. The molecule has 3 N–H and O–H groups in total. The molecule has 5 heteroatoms. The van der Waals surface area contributed by atoms with Gasteiger partial charge in [0.2, 0.25) is 0 Å². The fourth-order valence-corrected chi connectivity index (χ4v) is 3.32. The smallest absolute Gasteiger partial charge is 0.0900 e. The van der Waals surface area contributed by atoms with E-state index in [1.807, 2.05) is 6.92 Å². The molecule has 0 aromatic heterocycles. The Kier molecular flexibility index (Phi) is 9.44. The second-order valence-corrected chi connectivity index (χ2v) is 6.19. The fraction of sp³-hybridized carbons (Fsp3) is 1.00. The van der Waals surface area contributed by atoms with Crippen LogP contribution in [-0.2, 0) is 9.47 Å². The first-order valence-corrected chi connectivity index (χ1v) is 8.35. The lowest BCUT2D eigenvalue weighted by molar-refractivity contribution is -0.0461. The lowest BCUT2D eigenvalue weighted by atomic mass is 9.83. The van der Waals surface area contributed by atoms with Crippen molar-refractivity contribution in [1.82, 2.24) is 4.90 Å². The number of ether oxygens (including phenoxy) is 2. The van der Waals surface area contributed by atoms with Gasteiger partial charge in [0, 0.05) is 19.7 Å². The summed E-state index contributed by atoms with van der Waals surface area (Å²) in [5, 5.41) is 10.2. The minimum atomic E-state index is -0.454. The molecule has 1 aliphatic carbocycles. The van der Waals surface area contributed by atoms with Crippen LogP contribution in [0.4, 0.5) is 0 Å². The van der Waals surface area contributed by atoms with E-state index in [0.29, 0.717) is 31.7 Å². The number of hydrogen-bond donors (Lipinski definition) is 2. The van der Waals surface area contributed by atoms with Gasteiger partial charge in [0.25, 0.3) is 0 Å². The minimum absolute atomic E-state index is 0.0196. The highest BCUT2D eigenvalue weighted by atomic mass is 16.5. The van der Waals surface area contributed by atoms with Crippen molar-refractivity contribution >= 4 is 0 Å². The van der Waals surface area contributed by atoms with Crippen LogP contribution in [0.5, 0.6) is 0 Å². The molecule has 0 heterocycles. The maximum Gasteiger partial charge on any atom is 0.0900 e. The molecule has 0 bridgehead atoms. The van der Waals surface area contributed by atoms with Crippen LogP contribution >= 0.6 is 0 Å². The quantitative estimate of drug-likeness (QED) is 0.635. The Labute approximate surface area is 129 Å². The molecule has 4 unspecified atom stereocenters. The Balaban J connectivity index is 2.41. The van der Waals surface area contributed by atoms with Crippen molar-refractivity contribution in [3.05, 3.63) is 0 Å². The molecule has 0 saturated heterocycles. The Morgan fingerprint density at radius 2 is 2.00 bits per heavy atom. The summed E-state index contributed by atoms with van der Waals surface area (Å²) >= 11 is 0. The maximum absolute atomic E-state index is 10.2. The van der Waals surface area contributed by atoms with Gasteiger partial charge in [0.1, 0.15) is 0 Å². The third-order valence-electron chi connectivity index (χ3n) is 4.47. The molecule has 1 saturated carbocycles. The Bertz CT molecular complexity index is 266. The number of aliphatic hydroxyl groups is 1. The zero-order valence-electron chi connectivity index (χ0n) is 14.0. The molecule has 0 aliphatic heterocycles. The largest absolute Gasteiger partial charge is 0.389 e. The summed E-state index contributed by atoms with van der Waals surface area (Å²) in [6.45, 7) is 7.40. The molecule has 0 radical (unpaired) electrons. The highest BCUT2D eigenvalue weighted by molar-refractivity contribution is 4.84. The molecule has 1 fully saturated rings. The lowest BCUT2D eigenvalue weighted by Gasteiger charge is -2.40. The average molecular weight is 302 g/mol. The number of hydrogen-bond acceptors (Lipinski definition) is 5. The fourth-order valence-electron chi connectivity index (χ4n) is 3.32. The Morgan fingerprint density at radius 1 is 1.29 bits per heavy atom. The molecule has 126 valence electrons. The average Bonchev–Trinajstić information content (AvgIpc) is 2.51. The van der Waals surface area contributed by atoms with E-state index in [4.69, 9.17) is 15.2 Å². The number of nitrogens with two attached hydrogens (primary N) is 1. The summed E-state index contributed by atoms with van der Waals surface area (Å²) in [5.41, 5.74) is 5.92. The lowest BCUT2D eigenvalue weighted by Crippen LogP contribution is -2.48. The summed E-state index contributed by atoms with van der Waals surface area (Å²) in [5.74, 6) is 0.569. The highest BCUT2D eigenvalue weighted by Gasteiger charge is 2.29. The molecule has 0 spiro atoms. The minimum Gasteiger partial charge on any atom is -0.389 e. The van der Waals surface area contributed by atoms with Crippen LogP contribution in [0.1, 0.15) is 39.5 Å². The van der Waals surface area contributed by atoms with Crippen LogP contribution in [0.2, 0.25) is 0 Å². The molecule has 1 rings (SSSR count). The van der Waals surface area contributed by atoms with E-state index in [1.165, 1.54) is 25.7 Å². The van der Waals surface area contributed by atoms with Gasteiger partial charge in [-0.15, -0.1) is 0 Å². The second-order valence-electron chi connectivity index (χ2n) is 6.19. The maximum atomic E-state index is 10.2. The topological polar surface area (TPSA) is 68.0 Å². The van der Waals surface area contributed by atoms with E-state index >= 15 is 0 Å². The van der Waals surface area contributed by atoms with Gasteiger partial charge >= 0.3 is 0 Å². The number of nitrogens with zero attached hydrogens (tertiary/aromatic N) is 1. The molecule has 21 heavy (non-hydrogen) atoms. The summed E-state index contributed by atoms with van der Waals surface area (Å²) in [6.07, 6.45) is 4.54. The third kappa shape index (κ3) is 6.61. The van der Waals surface area contributed by atoms with Crippen LogP contribution in [0.15, 0.2) is 0 Å². The van der Waals surface area contributed by atoms with Gasteiger partial charge in [-0.25, -0.2) is 0 Å². The number of likely N-dealkylation sites (N-methyl/N-ethyl adjacent to an activating group) is 1.